The number of anilines is 3. The van der Waals surface area contributed by atoms with Gasteiger partial charge in [0, 0.05) is 43.1 Å². The molecule has 4 heterocycles. The zero-order valence-corrected chi connectivity index (χ0v) is 22.1. The number of para-hydroxylation sites is 4. The van der Waals surface area contributed by atoms with E-state index in [2.05, 4.69) is 125 Å². The fourth-order valence-electron chi connectivity index (χ4n) is 6.84. The highest BCUT2D eigenvalue weighted by atomic mass is 32.1. The zero-order chi connectivity index (χ0) is 25.9. The fraction of sp³-hybridized carbons (Fsp3) is 0. The standard InChI is InChI=1S/C36H20N2OS/c1-5-17-32-21(9-1)26-19-25-23-11-7-15-29-35(23)38(31(25)20-33(26)39-32)28-14-4-3-13-27(28)37(29)30-16-8-12-24-22-10-2-6-18-34(22)40-36(24)30/h1-20H. The molecular formula is C36H20N2OS. The average Bonchev–Trinajstić information content (AvgIpc) is 3.67. The number of furan rings is 1. The monoisotopic (exact) mass is 528 g/mol. The molecule has 0 atom stereocenters. The van der Waals surface area contributed by atoms with Crippen LogP contribution in [0.2, 0.25) is 0 Å². The van der Waals surface area contributed by atoms with Crippen LogP contribution in [0.1, 0.15) is 0 Å². The van der Waals surface area contributed by atoms with Crippen LogP contribution in [0.5, 0.6) is 0 Å². The van der Waals surface area contributed by atoms with Gasteiger partial charge in [-0.15, -0.1) is 11.3 Å². The van der Waals surface area contributed by atoms with E-state index in [1.165, 1.54) is 64.7 Å². The number of thiophene rings is 1. The lowest BCUT2D eigenvalue weighted by Crippen LogP contribution is -2.18. The van der Waals surface area contributed by atoms with Gasteiger partial charge in [-0.25, -0.2) is 0 Å². The summed E-state index contributed by atoms with van der Waals surface area (Å²) in [6.45, 7) is 0. The van der Waals surface area contributed by atoms with Crippen molar-refractivity contribution in [3.8, 4) is 5.69 Å². The number of fused-ring (bicyclic) bond motifs is 11. The van der Waals surface area contributed by atoms with Gasteiger partial charge >= 0.3 is 0 Å². The molecule has 6 aromatic carbocycles. The summed E-state index contributed by atoms with van der Waals surface area (Å²) in [5.41, 5.74) is 9.01. The van der Waals surface area contributed by atoms with Gasteiger partial charge in [-0.3, -0.25) is 0 Å². The normalized spacial score (nSPS) is 12.9. The Labute approximate surface area is 232 Å². The van der Waals surface area contributed by atoms with Gasteiger partial charge in [-0.2, -0.15) is 0 Å². The van der Waals surface area contributed by atoms with Gasteiger partial charge in [-0.1, -0.05) is 72.8 Å². The Kier molecular flexibility index (Phi) is 3.81. The maximum Gasteiger partial charge on any atom is 0.137 e. The minimum atomic E-state index is 0.921. The van der Waals surface area contributed by atoms with Crippen molar-refractivity contribution in [3.05, 3.63) is 121 Å². The molecule has 0 saturated carbocycles. The number of hydrogen-bond acceptors (Lipinski definition) is 3. The topological polar surface area (TPSA) is 21.3 Å². The average molecular weight is 529 g/mol. The van der Waals surface area contributed by atoms with Gasteiger partial charge in [-0.05, 0) is 42.5 Å². The molecule has 0 unspecified atom stereocenters. The first-order valence-corrected chi connectivity index (χ1v) is 14.3. The van der Waals surface area contributed by atoms with Crippen LogP contribution in [0.3, 0.4) is 0 Å². The number of hydrogen-bond donors (Lipinski definition) is 0. The smallest absolute Gasteiger partial charge is 0.137 e. The third kappa shape index (κ3) is 2.50. The Balaban J connectivity index is 1.36. The van der Waals surface area contributed by atoms with E-state index in [0.717, 1.165) is 21.9 Å². The van der Waals surface area contributed by atoms with E-state index in [1.54, 1.807) is 0 Å². The zero-order valence-electron chi connectivity index (χ0n) is 21.3. The molecule has 0 radical (unpaired) electrons. The Bertz CT molecular complexity index is 2510. The van der Waals surface area contributed by atoms with Crippen molar-refractivity contribution in [1.82, 2.24) is 4.57 Å². The Morgan fingerprint density at radius 1 is 0.475 bits per heavy atom. The third-order valence-corrected chi connectivity index (χ3v) is 9.70. The summed E-state index contributed by atoms with van der Waals surface area (Å²) in [4.78, 5) is 2.47. The lowest BCUT2D eigenvalue weighted by molar-refractivity contribution is 0.669. The molecule has 3 nitrogen and oxygen atoms in total. The summed E-state index contributed by atoms with van der Waals surface area (Å²) in [6.07, 6.45) is 0. The van der Waals surface area contributed by atoms with Gasteiger partial charge in [0.25, 0.3) is 0 Å². The Morgan fingerprint density at radius 3 is 2.10 bits per heavy atom. The molecule has 0 amide bonds. The molecule has 0 saturated heterocycles. The molecule has 10 rings (SSSR count). The molecule has 4 heteroatoms. The molecule has 0 aliphatic carbocycles. The summed E-state index contributed by atoms with van der Waals surface area (Å²) < 4.78 is 11.4. The van der Waals surface area contributed by atoms with Crippen molar-refractivity contribution in [3.63, 3.8) is 0 Å². The van der Waals surface area contributed by atoms with Crippen LogP contribution >= 0.6 is 11.3 Å². The largest absolute Gasteiger partial charge is 0.456 e. The van der Waals surface area contributed by atoms with Crippen molar-refractivity contribution >= 4 is 92.3 Å². The predicted octanol–water partition coefficient (Wildman–Crippen LogP) is 10.8. The van der Waals surface area contributed by atoms with E-state index < -0.39 is 0 Å². The van der Waals surface area contributed by atoms with E-state index in [-0.39, 0.29) is 0 Å². The number of aromatic nitrogens is 1. The van der Waals surface area contributed by atoms with Crippen LogP contribution in [0.25, 0.3) is 69.6 Å². The molecule has 3 aromatic heterocycles. The van der Waals surface area contributed by atoms with Crippen LogP contribution in [0.15, 0.2) is 126 Å². The molecule has 40 heavy (non-hydrogen) atoms. The van der Waals surface area contributed by atoms with Crippen molar-refractivity contribution in [2.45, 2.75) is 0 Å². The first-order chi connectivity index (χ1) is 19.8. The van der Waals surface area contributed by atoms with Crippen molar-refractivity contribution in [1.29, 1.82) is 0 Å². The summed E-state index contributed by atoms with van der Waals surface area (Å²) in [5.74, 6) is 0. The van der Waals surface area contributed by atoms with Crippen molar-refractivity contribution < 1.29 is 4.42 Å². The van der Waals surface area contributed by atoms with E-state index in [1.807, 2.05) is 17.4 Å². The van der Waals surface area contributed by atoms with E-state index in [0.29, 0.717) is 0 Å². The van der Waals surface area contributed by atoms with Gasteiger partial charge in [0.15, 0.2) is 0 Å². The fourth-order valence-corrected chi connectivity index (χ4v) is 8.04. The summed E-state index contributed by atoms with van der Waals surface area (Å²) in [5, 5.41) is 7.44. The second-order valence-corrected chi connectivity index (χ2v) is 11.6. The highest BCUT2D eigenvalue weighted by Crippen LogP contribution is 2.52. The Hall–Kier alpha value is -5.06. The summed E-state index contributed by atoms with van der Waals surface area (Å²) >= 11 is 1.88. The second-order valence-electron chi connectivity index (χ2n) is 10.5. The maximum absolute atomic E-state index is 6.34. The maximum atomic E-state index is 6.34. The van der Waals surface area contributed by atoms with Crippen molar-refractivity contribution in [2.24, 2.45) is 0 Å². The molecule has 1 aliphatic heterocycles. The highest BCUT2D eigenvalue weighted by molar-refractivity contribution is 7.26. The number of nitrogens with zero attached hydrogens (tertiary/aromatic N) is 2. The second kappa shape index (κ2) is 7.32. The quantitative estimate of drug-likeness (QED) is 0.211. The molecule has 1 aliphatic rings. The van der Waals surface area contributed by atoms with Crippen LogP contribution in [-0.4, -0.2) is 4.57 Å². The SMILES string of the molecule is c1ccc2c(c1)N(c1cccc3c1sc1ccccc13)c1cccc3c4cc5c(cc4n-2c13)oc1ccccc15. The highest BCUT2D eigenvalue weighted by Gasteiger charge is 2.30. The van der Waals surface area contributed by atoms with Crippen LogP contribution in [0.4, 0.5) is 17.1 Å². The van der Waals surface area contributed by atoms with Gasteiger partial charge < -0.3 is 13.9 Å². The molecule has 0 fully saturated rings. The summed E-state index contributed by atoms with van der Waals surface area (Å²) in [7, 11) is 0. The van der Waals surface area contributed by atoms with Crippen LogP contribution < -0.4 is 4.90 Å². The molecular weight excluding hydrogens is 508 g/mol. The first kappa shape index (κ1) is 20.8. The lowest BCUT2D eigenvalue weighted by Gasteiger charge is -2.33. The number of rotatable bonds is 1. The van der Waals surface area contributed by atoms with Gasteiger partial charge in [0.1, 0.15) is 11.2 Å². The third-order valence-electron chi connectivity index (χ3n) is 8.49. The molecule has 0 N–H and O–H groups in total. The lowest BCUT2D eigenvalue weighted by atomic mass is 10.1. The Morgan fingerprint density at radius 2 is 1.18 bits per heavy atom. The minimum Gasteiger partial charge on any atom is -0.456 e. The number of benzene rings is 6. The minimum absolute atomic E-state index is 0.921. The van der Waals surface area contributed by atoms with Gasteiger partial charge in [0.2, 0.25) is 0 Å². The van der Waals surface area contributed by atoms with E-state index >= 15 is 0 Å². The predicted molar refractivity (Wildman–Crippen MR) is 169 cm³/mol. The molecule has 9 aromatic rings. The van der Waals surface area contributed by atoms with E-state index in [4.69, 9.17) is 4.42 Å². The summed E-state index contributed by atoms with van der Waals surface area (Å²) in [6, 6.07) is 43.8. The van der Waals surface area contributed by atoms with Crippen LogP contribution in [-0.2, 0) is 0 Å². The van der Waals surface area contributed by atoms with Crippen molar-refractivity contribution in [2.75, 3.05) is 4.90 Å². The molecule has 186 valence electrons. The van der Waals surface area contributed by atoms with Crippen LogP contribution in [0, 0.1) is 0 Å². The van der Waals surface area contributed by atoms with Gasteiger partial charge in [0.05, 0.1) is 38.5 Å². The molecule has 0 spiro atoms. The van der Waals surface area contributed by atoms with E-state index in [9.17, 15) is 0 Å². The molecule has 0 bridgehead atoms. The first-order valence-electron chi connectivity index (χ1n) is 13.5.